The molecule has 1 saturated carbocycles. The molecule has 1 aromatic rings. The number of hydrogen-bond donors (Lipinski definition) is 1. The van der Waals surface area contributed by atoms with Crippen molar-refractivity contribution in [2.45, 2.75) is 37.6 Å². The monoisotopic (exact) mass is 351 g/mol. The van der Waals surface area contributed by atoms with Crippen molar-refractivity contribution in [1.82, 2.24) is 4.90 Å². The minimum atomic E-state index is -0.871. The summed E-state index contributed by atoms with van der Waals surface area (Å²) in [5, 5.41) is 9.27. The normalized spacial score (nSPS) is 28.2. The van der Waals surface area contributed by atoms with Crippen LogP contribution in [0, 0.1) is 5.92 Å². The van der Waals surface area contributed by atoms with E-state index in [-0.39, 0.29) is 17.7 Å². The number of carboxylic acid groups (broad SMARTS) is 1. The molecule has 1 saturated heterocycles. The molecule has 4 nitrogen and oxygen atoms in total. The van der Waals surface area contributed by atoms with Crippen LogP contribution in [-0.2, 0) is 9.59 Å². The first-order valence-electron chi connectivity index (χ1n) is 7.36. The van der Waals surface area contributed by atoms with Crippen molar-refractivity contribution >= 4 is 27.8 Å². The van der Waals surface area contributed by atoms with E-state index < -0.39 is 12.0 Å². The SMILES string of the molecule is O=C(O)[C@H]1CCCCN1C(=O)C1CC1c1ccc(Br)cc1. The molecule has 1 aliphatic heterocycles. The number of nitrogens with zero attached hydrogens (tertiary/aromatic N) is 1. The molecule has 3 atom stereocenters. The van der Waals surface area contributed by atoms with Gasteiger partial charge in [-0.15, -0.1) is 0 Å². The van der Waals surface area contributed by atoms with Crippen LogP contribution in [-0.4, -0.2) is 34.5 Å². The first-order chi connectivity index (χ1) is 10.1. The number of piperidine rings is 1. The van der Waals surface area contributed by atoms with E-state index in [0.29, 0.717) is 13.0 Å². The van der Waals surface area contributed by atoms with Gasteiger partial charge in [-0.2, -0.15) is 0 Å². The molecule has 3 rings (SSSR count). The summed E-state index contributed by atoms with van der Waals surface area (Å²) in [7, 11) is 0. The van der Waals surface area contributed by atoms with Gasteiger partial charge in [0, 0.05) is 16.9 Å². The second-order valence-electron chi connectivity index (χ2n) is 5.88. The van der Waals surface area contributed by atoms with Gasteiger partial charge in [-0.05, 0) is 49.3 Å². The van der Waals surface area contributed by atoms with Crippen LogP contribution in [0.5, 0.6) is 0 Å². The van der Waals surface area contributed by atoms with Gasteiger partial charge in [0.1, 0.15) is 6.04 Å². The van der Waals surface area contributed by atoms with Crippen LogP contribution in [0.2, 0.25) is 0 Å². The number of amides is 1. The van der Waals surface area contributed by atoms with Crippen LogP contribution >= 0.6 is 15.9 Å². The molecule has 1 aromatic carbocycles. The Hall–Kier alpha value is -1.36. The molecular formula is C16H18BrNO3. The summed E-state index contributed by atoms with van der Waals surface area (Å²) < 4.78 is 1.02. The Labute approximate surface area is 132 Å². The highest BCUT2D eigenvalue weighted by atomic mass is 79.9. The van der Waals surface area contributed by atoms with Crippen molar-refractivity contribution in [1.29, 1.82) is 0 Å². The number of likely N-dealkylation sites (tertiary alicyclic amines) is 1. The summed E-state index contributed by atoms with van der Waals surface area (Å²) in [4.78, 5) is 25.5. The largest absolute Gasteiger partial charge is 0.480 e. The number of hydrogen-bond acceptors (Lipinski definition) is 2. The summed E-state index contributed by atoms with van der Waals surface area (Å²) in [6.07, 6.45) is 3.22. The lowest BCUT2D eigenvalue weighted by molar-refractivity contribution is -0.152. The van der Waals surface area contributed by atoms with Crippen molar-refractivity contribution in [3.8, 4) is 0 Å². The summed E-state index contributed by atoms with van der Waals surface area (Å²) in [5.74, 6) is -0.632. The number of carbonyl (C=O) groups excluding carboxylic acids is 1. The fourth-order valence-corrected chi connectivity index (χ4v) is 3.48. The first-order valence-corrected chi connectivity index (χ1v) is 8.16. The van der Waals surface area contributed by atoms with Gasteiger partial charge in [0.2, 0.25) is 5.91 Å². The smallest absolute Gasteiger partial charge is 0.326 e. The Balaban J connectivity index is 1.69. The van der Waals surface area contributed by atoms with Gasteiger partial charge in [-0.25, -0.2) is 4.79 Å². The van der Waals surface area contributed by atoms with Gasteiger partial charge < -0.3 is 10.0 Å². The molecule has 0 radical (unpaired) electrons. The Kier molecular flexibility index (Phi) is 4.02. The predicted molar refractivity (Wildman–Crippen MR) is 82.0 cm³/mol. The van der Waals surface area contributed by atoms with E-state index in [1.165, 1.54) is 5.56 Å². The minimum absolute atomic E-state index is 0.0232. The molecule has 5 heteroatoms. The van der Waals surface area contributed by atoms with E-state index in [0.717, 1.165) is 23.7 Å². The summed E-state index contributed by atoms with van der Waals surface area (Å²) in [5.41, 5.74) is 1.17. The molecule has 112 valence electrons. The number of halogens is 1. The molecule has 1 amide bonds. The highest BCUT2D eigenvalue weighted by Gasteiger charge is 2.48. The van der Waals surface area contributed by atoms with Crippen molar-refractivity contribution in [3.63, 3.8) is 0 Å². The quantitative estimate of drug-likeness (QED) is 0.910. The maximum absolute atomic E-state index is 12.6. The molecular weight excluding hydrogens is 334 g/mol. The summed E-state index contributed by atoms with van der Waals surface area (Å²) in [6, 6.07) is 7.41. The molecule has 0 aromatic heterocycles. The van der Waals surface area contributed by atoms with Crippen LogP contribution in [0.25, 0.3) is 0 Å². The third-order valence-electron chi connectivity index (χ3n) is 4.48. The second-order valence-corrected chi connectivity index (χ2v) is 6.80. The van der Waals surface area contributed by atoms with Crippen LogP contribution < -0.4 is 0 Å². The van der Waals surface area contributed by atoms with E-state index in [2.05, 4.69) is 15.9 Å². The fraction of sp³-hybridized carbons (Fsp3) is 0.500. The Bertz CT molecular complexity index is 557. The van der Waals surface area contributed by atoms with Crippen molar-refractivity contribution in [3.05, 3.63) is 34.3 Å². The molecule has 0 spiro atoms. The summed E-state index contributed by atoms with van der Waals surface area (Å²) in [6.45, 7) is 0.583. The van der Waals surface area contributed by atoms with E-state index in [1.54, 1.807) is 4.90 Å². The van der Waals surface area contributed by atoms with Crippen LogP contribution in [0.3, 0.4) is 0 Å². The second kappa shape index (κ2) is 5.79. The van der Waals surface area contributed by atoms with Crippen LogP contribution in [0.4, 0.5) is 0 Å². The topological polar surface area (TPSA) is 57.6 Å². The molecule has 1 N–H and O–H groups in total. The van der Waals surface area contributed by atoms with Gasteiger partial charge in [0.05, 0.1) is 0 Å². The third kappa shape index (κ3) is 2.98. The number of carbonyl (C=O) groups is 2. The van der Waals surface area contributed by atoms with Crippen molar-refractivity contribution in [2.75, 3.05) is 6.54 Å². The number of rotatable bonds is 3. The lowest BCUT2D eigenvalue weighted by atomic mass is 10.0. The molecule has 2 fully saturated rings. The Morgan fingerprint density at radius 2 is 1.90 bits per heavy atom. The van der Waals surface area contributed by atoms with E-state index in [1.807, 2.05) is 24.3 Å². The predicted octanol–water partition coefficient (Wildman–Crippen LogP) is 3.02. The zero-order chi connectivity index (χ0) is 15.0. The highest BCUT2D eigenvalue weighted by molar-refractivity contribution is 9.10. The van der Waals surface area contributed by atoms with Gasteiger partial charge in [0.15, 0.2) is 0 Å². The van der Waals surface area contributed by atoms with E-state index in [4.69, 9.17) is 0 Å². The van der Waals surface area contributed by atoms with Crippen LogP contribution in [0.1, 0.15) is 37.2 Å². The van der Waals surface area contributed by atoms with Gasteiger partial charge in [-0.1, -0.05) is 28.1 Å². The van der Waals surface area contributed by atoms with Crippen molar-refractivity contribution < 1.29 is 14.7 Å². The standard InChI is InChI=1S/C16H18BrNO3/c17-11-6-4-10(5-7-11)12-9-13(12)15(19)18-8-2-1-3-14(18)16(20)21/h4-7,12-14H,1-3,8-9H2,(H,20,21)/t12?,13?,14-/m1/s1. The number of aliphatic carboxylic acids is 1. The average molecular weight is 352 g/mol. The summed E-state index contributed by atoms with van der Waals surface area (Å²) >= 11 is 3.40. The highest BCUT2D eigenvalue weighted by Crippen LogP contribution is 2.49. The van der Waals surface area contributed by atoms with Crippen LogP contribution in [0.15, 0.2) is 28.7 Å². The van der Waals surface area contributed by atoms with E-state index in [9.17, 15) is 14.7 Å². The third-order valence-corrected chi connectivity index (χ3v) is 5.01. The van der Waals surface area contributed by atoms with Crippen molar-refractivity contribution in [2.24, 2.45) is 5.92 Å². The first kappa shape index (κ1) is 14.6. The molecule has 2 unspecified atom stereocenters. The zero-order valence-electron chi connectivity index (χ0n) is 11.7. The molecule has 2 aliphatic rings. The fourth-order valence-electron chi connectivity index (χ4n) is 3.21. The Morgan fingerprint density at radius 3 is 2.57 bits per heavy atom. The molecule has 1 aliphatic carbocycles. The Morgan fingerprint density at radius 1 is 1.19 bits per heavy atom. The van der Waals surface area contributed by atoms with Gasteiger partial charge >= 0.3 is 5.97 Å². The molecule has 21 heavy (non-hydrogen) atoms. The van der Waals surface area contributed by atoms with E-state index >= 15 is 0 Å². The maximum Gasteiger partial charge on any atom is 0.326 e. The maximum atomic E-state index is 12.6. The van der Waals surface area contributed by atoms with Gasteiger partial charge in [0.25, 0.3) is 0 Å². The minimum Gasteiger partial charge on any atom is -0.480 e. The lowest BCUT2D eigenvalue weighted by Crippen LogP contribution is -2.48. The van der Waals surface area contributed by atoms with Gasteiger partial charge in [-0.3, -0.25) is 4.79 Å². The number of benzene rings is 1. The molecule has 1 heterocycles. The lowest BCUT2D eigenvalue weighted by Gasteiger charge is -2.33. The average Bonchev–Trinajstić information content (AvgIpc) is 3.27. The molecule has 0 bridgehead atoms. The zero-order valence-corrected chi connectivity index (χ0v) is 13.3. The number of carboxylic acids is 1.